The van der Waals surface area contributed by atoms with Gasteiger partial charge in [0.2, 0.25) is 5.95 Å². The Morgan fingerprint density at radius 3 is 2.73 bits per heavy atom. The zero-order valence-electron chi connectivity index (χ0n) is 12.7. The van der Waals surface area contributed by atoms with Crippen LogP contribution in [0.4, 0.5) is 11.8 Å². The van der Waals surface area contributed by atoms with Crippen molar-refractivity contribution in [3.05, 3.63) is 36.8 Å². The maximum absolute atomic E-state index is 4.39. The number of aromatic nitrogens is 4. The highest BCUT2D eigenvalue weighted by Gasteiger charge is 2.45. The lowest BCUT2D eigenvalue weighted by Gasteiger charge is -2.30. The van der Waals surface area contributed by atoms with E-state index < -0.39 is 0 Å². The van der Waals surface area contributed by atoms with Crippen molar-refractivity contribution in [1.29, 1.82) is 0 Å². The second-order valence-electron chi connectivity index (χ2n) is 6.22. The van der Waals surface area contributed by atoms with Gasteiger partial charge in [-0.05, 0) is 37.0 Å². The van der Waals surface area contributed by atoms with Crippen LogP contribution in [0, 0.1) is 11.8 Å². The van der Waals surface area contributed by atoms with Crippen LogP contribution in [0.1, 0.15) is 12.8 Å². The molecule has 2 aliphatic rings. The minimum atomic E-state index is 0.524. The van der Waals surface area contributed by atoms with Gasteiger partial charge in [0.05, 0.1) is 0 Å². The summed E-state index contributed by atoms with van der Waals surface area (Å²) in [5.41, 5.74) is 0. The summed E-state index contributed by atoms with van der Waals surface area (Å²) >= 11 is 0. The monoisotopic (exact) mass is 296 g/mol. The number of nitrogens with zero attached hydrogens (tertiary/aromatic N) is 6. The second-order valence-corrected chi connectivity index (χ2v) is 6.22. The van der Waals surface area contributed by atoms with E-state index in [4.69, 9.17) is 0 Å². The van der Waals surface area contributed by atoms with Crippen molar-refractivity contribution in [1.82, 2.24) is 20.2 Å². The smallest absolute Gasteiger partial charge is 0.225 e. The summed E-state index contributed by atoms with van der Waals surface area (Å²) in [4.78, 5) is 13.4. The summed E-state index contributed by atoms with van der Waals surface area (Å²) in [5, 5.41) is 8.26. The van der Waals surface area contributed by atoms with Gasteiger partial charge in [0.25, 0.3) is 0 Å². The van der Waals surface area contributed by atoms with Gasteiger partial charge in [0.15, 0.2) is 5.82 Å². The molecule has 1 saturated carbocycles. The lowest BCUT2D eigenvalue weighted by molar-refractivity contribution is 0.440. The fourth-order valence-electron chi connectivity index (χ4n) is 3.99. The Morgan fingerprint density at radius 2 is 1.95 bits per heavy atom. The minimum absolute atomic E-state index is 0.524. The zero-order chi connectivity index (χ0) is 14.9. The summed E-state index contributed by atoms with van der Waals surface area (Å²) in [6.45, 7) is 2.10. The van der Waals surface area contributed by atoms with Crippen molar-refractivity contribution in [2.45, 2.75) is 18.9 Å². The van der Waals surface area contributed by atoms with E-state index in [1.165, 1.54) is 12.8 Å². The van der Waals surface area contributed by atoms with E-state index in [0.29, 0.717) is 12.0 Å². The van der Waals surface area contributed by atoms with Crippen LogP contribution in [-0.2, 0) is 0 Å². The molecule has 0 aromatic carbocycles. The van der Waals surface area contributed by atoms with E-state index in [9.17, 15) is 0 Å². The molecule has 1 aliphatic carbocycles. The lowest BCUT2D eigenvalue weighted by Crippen LogP contribution is -2.38. The first-order valence-corrected chi connectivity index (χ1v) is 7.85. The van der Waals surface area contributed by atoms with Gasteiger partial charge in [-0.2, -0.15) is 5.10 Å². The van der Waals surface area contributed by atoms with Crippen molar-refractivity contribution in [3.63, 3.8) is 0 Å². The van der Waals surface area contributed by atoms with Gasteiger partial charge in [-0.15, -0.1) is 5.10 Å². The zero-order valence-corrected chi connectivity index (χ0v) is 12.7. The molecule has 2 fully saturated rings. The first kappa shape index (κ1) is 13.4. The van der Waals surface area contributed by atoms with E-state index in [1.54, 1.807) is 6.20 Å². The maximum atomic E-state index is 4.39. The van der Waals surface area contributed by atoms with Gasteiger partial charge in [-0.3, -0.25) is 0 Å². The summed E-state index contributed by atoms with van der Waals surface area (Å²) < 4.78 is 0. The van der Waals surface area contributed by atoms with Gasteiger partial charge < -0.3 is 9.80 Å². The SMILES string of the molecule is CN(c1cccnn1)[C@@H]1CC[C@@H]2CN(c3ncccn3)C[C@@H]21. The highest BCUT2D eigenvalue weighted by Crippen LogP contribution is 2.41. The highest BCUT2D eigenvalue weighted by atomic mass is 15.3. The van der Waals surface area contributed by atoms with Crippen LogP contribution in [0.25, 0.3) is 0 Å². The van der Waals surface area contributed by atoms with Crippen LogP contribution in [0.15, 0.2) is 36.8 Å². The van der Waals surface area contributed by atoms with E-state index in [0.717, 1.165) is 30.8 Å². The Labute approximate surface area is 130 Å². The fraction of sp³-hybridized carbons (Fsp3) is 0.500. The van der Waals surface area contributed by atoms with Crippen LogP contribution in [0.3, 0.4) is 0 Å². The van der Waals surface area contributed by atoms with Gasteiger partial charge in [-0.25, -0.2) is 9.97 Å². The molecule has 0 bridgehead atoms. The van der Waals surface area contributed by atoms with Crippen LogP contribution < -0.4 is 9.80 Å². The molecule has 0 spiro atoms. The Kier molecular flexibility index (Phi) is 3.36. The predicted octanol–water partition coefficient (Wildman–Crippen LogP) is 1.62. The molecule has 0 amide bonds. The van der Waals surface area contributed by atoms with Crippen LogP contribution >= 0.6 is 0 Å². The van der Waals surface area contributed by atoms with Gasteiger partial charge in [-0.1, -0.05) is 0 Å². The third kappa shape index (κ3) is 2.28. The third-order valence-electron chi connectivity index (χ3n) is 5.07. The van der Waals surface area contributed by atoms with Crippen molar-refractivity contribution in [2.24, 2.45) is 11.8 Å². The molecule has 0 radical (unpaired) electrons. The number of hydrogen-bond acceptors (Lipinski definition) is 6. The average molecular weight is 296 g/mol. The lowest BCUT2D eigenvalue weighted by atomic mass is 9.97. The minimum Gasteiger partial charge on any atom is -0.355 e. The van der Waals surface area contributed by atoms with E-state index in [-0.39, 0.29) is 0 Å². The molecule has 1 aliphatic heterocycles. The fourth-order valence-corrected chi connectivity index (χ4v) is 3.99. The topological polar surface area (TPSA) is 58.0 Å². The molecule has 114 valence electrons. The van der Waals surface area contributed by atoms with Crippen LogP contribution in [0.5, 0.6) is 0 Å². The summed E-state index contributed by atoms with van der Waals surface area (Å²) in [7, 11) is 2.14. The molecule has 2 aromatic heterocycles. The predicted molar refractivity (Wildman–Crippen MR) is 84.7 cm³/mol. The molecule has 22 heavy (non-hydrogen) atoms. The van der Waals surface area contributed by atoms with Crippen LogP contribution in [-0.4, -0.2) is 46.3 Å². The molecule has 1 saturated heterocycles. The Hall–Kier alpha value is -2.24. The van der Waals surface area contributed by atoms with Crippen molar-refractivity contribution in [3.8, 4) is 0 Å². The second kappa shape index (κ2) is 5.51. The first-order valence-electron chi connectivity index (χ1n) is 7.85. The summed E-state index contributed by atoms with van der Waals surface area (Å²) in [5.74, 6) is 3.20. The number of hydrogen-bond donors (Lipinski definition) is 0. The molecule has 0 N–H and O–H groups in total. The molecular weight excluding hydrogens is 276 g/mol. The number of anilines is 2. The molecule has 0 unspecified atom stereocenters. The Balaban J connectivity index is 1.51. The molecule has 6 heteroatoms. The molecular formula is C16H20N6. The molecule has 2 aromatic rings. The maximum Gasteiger partial charge on any atom is 0.225 e. The quantitative estimate of drug-likeness (QED) is 0.858. The van der Waals surface area contributed by atoms with Gasteiger partial charge >= 0.3 is 0 Å². The van der Waals surface area contributed by atoms with Gasteiger partial charge in [0, 0.05) is 50.7 Å². The normalized spacial score (nSPS) is 27.0. The van der Waals surface area contributed by atoms with E-state index in [2.05, 4.69) is 37.0 Å². The molecule has 6 nitrogen and oxygen atoms in total. The standard InChI is InChI=1S/C16H20N6/c1-21(15-4-2-9-19-20-15)14-6-5-12-10-22(11-13(12)14)16-17-7-3-8-18-16/h2-4,7-9,12-14H,5-6,10-11H2,1H3/t12-,13+,14-/m1/s1. The van der Waals surface area contributed by atoms with Crippen molar-refractivity contribution >= 4 is 11.8 Å². The van der Waals surface area contributed by atoms with E-state index in [1.807, 2.05) is 30.6 Å². The van der Waals surface area contributed by atoms with Crippen molar-refractivity contribution < 1.29 is 0 Å². The third-order valence-corrected chi connectivity index (χ3v) is 5.07. The molecule has 3 heterocycles. The molecule has 4 rings (SSSR count). The molecule has 3 atom stereocenters. The van der Waals surface area contributed by atoms with Crippen LogP contribution in [0.2, 0.25) is 0 Å². The highest BCUT2D eigenvalue weighted by molar-refractivity contribution is 5.39. The van der Waals surface area contributed by atoms with Crippen molar-refractivity contribution in [2.75, 3.05) is 29.9 Å². The Morgan fingerprint density at radius 1 is 1.09 bits per heavy atom. The summed E-state index contributed by atoms with van der Waals surface area (Å²) in [6, 6.07) is 6.37. The Bertz CT molecular complexity index is 619. The summed E-state index contributed by atoms with van der Waals surface area (Å²) in [6.07, 6.45) is 7.85. The average Bonchev–Trinajstić information content (AvgIpc) is 3.16. The number of fused-ring (bicyclic) bond motifs is 1. The van der Waals surface area contributed by atoms with E-state index >= 15 is 0 Å². The largest absolute Gasteiger partial charge is 0.355 e. The first-order chi connectivity index (χ1) is 10.8. The number of rotatable bonds is 3. The van der Waals surface area contributed by atoms with Gasteiger partial charge in [0.1, 0.15) is 0 Å².